The van der Waals surface area contributed by atoms with Crippen LogP contribution in [0.4, 0.5) is 0 Å². The summed E-state index contributed by atoms with van der Waals surface area (Å²) in [6, 6.07) is 0. The first-order valence-corrected chi connectivity index (χ1v) is 39.0. The Kier molecular flexibility index (Phi) is 59.5. The van der Waals surface area contributed by atoms with Gasteiger partial charge in [0.15, 0.2) is 0 Å². The summed E-state index contributed by atoms with van der Waals surface area (Å²) < 4.78 is 10.6. The zero-order chi connectivity index (χ0) is 71.8. The lowest BCUT2D eigenvalue weighted by Gasteiger charge is -2.46. The number of hydrogen-bond donors (Lipinski definition) is 1. The molecule has 3 nitrogen and oxygen atoms in total. The fourth-order valence-electron chi connectivity index (χ4n) is 12.5. The van der Waals surface area contributed by atoms with Gasteiger partial charge in [-0.3, -0.25) is 0 Å². The third-order valence-corrected chi connectivity index (χ3v) is 21.5. The van der Waals surface area contributed by atoms with Crippen LogP contribution in [0.25, 0.3) is 0 Å². The Morgan fingerprint density at radius 3 is 0.798 bits per heavy atom. The van der Waals surface area contributed by atoms with E-state index >= 15 is 0 Å². The summed E-state index contributed by atoms with van der Waals surface area (Å²) in [4.78, 5) is 0. The van der Waals surface area contributed by atoms with Crippen molar-refractivity contribution in [3.8, 4) is 0 Å². The van der Waals surface area contributed by atoms with Gasteiger partial charge < -0.3 is 14.6 Å². The molecular weight excluding hydrogens is 1080 g/mol. The lowest BCUT2D eigenvalue weighted by Crippen LogP contribution is -2.47. The van der Waals surface area contributed by atoms with Crippen molar-refractivity contribution in [3.05, 3.63) is 0 Å². The maximum absolute atomic E-state index is 9.39. The predicted molar refractivity (Wildman–Crippen MR) is 412 cm³/mol. The van der Waals surface area contributed by atoms with Gasteiger partial charge in [-0.1, -0.05) is 291 Å². The van der Waals surface area contributed by atoms with Crippen LogP contribution in [0.5, 0.6) is 0 Å². The molecule has 5 atom stereocenters. The summed E-state index contributed by atoms with van der Waals surface area (Å²) >= 11 is 0. The largest absolute Gasteiger partial charge is 0.393 e. The van der Waals surface area contributed by atoms with Crippen LogP contribution in [0.1, 0.15) is 368 Å². The molecule has 5 unspecified atom stereocenters. The molecule has 0 aromatic heterocycles. The van der Waals surface area contributed by atoms with Gasteiger partial charge >= 0.3 is 0 Å². The average Bonchev–Trinajstić information content (AvgIpc) is 2.64. The second-order valence-electron chi connectivity index (χ2n) is 37.9. The van der Waals surface area contributed by atoms with Gasteiger partial charge in [-0.05, 0) is 230 Å². The third-order valence-electron chi connectivity index (χ3n) is 21.5. The van der Waals surface area contributed by atoms with Crippen molar-refractivity contribution < 1.29 is 14.6 Å². The molecule has 1 N–H and O–H groups in total. The Morgan fingerprint density at radius 1 is 0.382 bits per heavy atom. The number of ether oxygens (including phenoxy) is 2. The normalized spacial score (nSPS) is 18.5. The molecule has 3 fully saturated rings. The van der Waals surface area contributed by atoms with Crippen LogP contribution in [0, 0.1) is 158 Å². The van der Waals surface area contributed by atoms with E-state index in [0.717, 1.165) is 156 Å². The van der Waals surface area contributed by atoms with Gasteiger partial charge in [0.25, 0.3) is 0 Å². The summed E-state index contributed by atoms with van der Waals surface area (Å²) in [6.07, 6.45) is 16.2. The summed E-state index contributed by atoms with van der Waals surface area (Å²) in [7, 11) is 1.80. The molecule has 3 rings (SSSR count). The van der Waals surface area contributed by atoms with Gasteiger partial charge in [0.1, 0.15) is 0 Å². The minimum absolute atomic E-state index is 0.0833. The van der Waals surface area contributed by atoms with Crippen molar-refractivity contribution >= 4 is 0 Å². The molecule has 0 amide bonds. The average molecular weight is 1270 g/mol. The molecule has 1 aliphatic heterocycles. The van der Waals surface area contributed by atoms with E-state index in [9.17, 15) is 5.11 Å². The Balaban J connectivity index is -0.000000218. The number of aliphatic hydroxyl groups is 1. The van der Waals surface area contributed by atoms with Gasteiger partial charge in [-0.2, -0.15) is 0 Å². The highest BCUT2D eigenvalue weighted by molar-refractivity contribution is 4.95. The molecule has 0 radical (unpaired) electrons. The molecular formula is C86H184O3. The van der Waals surface area contributed by atoms with Crippen molar-refractivity contribution in [1.82, 2.24) is 0 Å². The molecule has 89 heavy (non-hydrogen) atoms. The molecule has 3 heteroatoms. The number of methoxy groups -OCH3 is 1. The Hall–Kier alpha value is -0.120. The predicted octanol–water partition coefficient (Wildman–Crippen LogP) is 28.6. The van der Waals surface area contributed by atoms with Crippen molar-refractivity contribution in [2.45, 2.75) is 380 Å². The van der Waals surface area contributed by atoms with Crippen LogP contribution in [0.3, 0.4) is 0 Å². The maximum Gasteiger partial charge on any atom is 0.0596 e. The highest BCUT2D eigenvalue weighted by Gasteiger charge is 2.45. The van der Waals surface area contributed by atoms with Crippen molar-refractivity contribution in [3.63, 3.8) is 0 Å². The molecule has 2 aliphatic carbocycles. The van der Waals surface area contributed by atoms with E-state index in [2.05, 4.69) is 291 Å². The lowest BCUT2D eigenvalue weighted by molar-refractivity contribution is -0.148. The summed E-state index contributed by atoms with van der Waals surface area (Å²) in [6.45, 7) is 98.3. The van der Waals surface area contributed by atoms with Gasteiger partial charge in [0.2, 0.25) is 0 Å². The van der Waals surface area contributed by atoms with E-state index in [1.165, 1.54) is 64.2 Å². The van der Waals surface area contributed by atoms with E-state index in [1.54, 1.807) is 7.11 Å². The molecule has 1 saturated heterocycles. The highest BCUT2D eigenvalue weighted by Crippen LogP contribution is 2.56. The van der Waals surface area contributed by atoms with Gasteiger partial charge in [-0.25, -0.2) is 0 Å². The Morgan fingerprint density at radius 2 is 0.685 bits per heavy atom. The Bertz CT molecular complexity index is 1410. The Labute approximate surface area is 570 Å². The van der Waals surface area contributed by atoms with Crippen LogP contribution < -0.4 is 0 Å². The van der Waals surface area contributed by atoms with Gasteiger partial charge in [0.05, 0.1) is 25.4 Å². The minimum Gasteiger partial charge on any atom is -0.393 e. The first-order valence-electron chi connectivity index (χ1n) is 39.0. The summed E-state index contributed by atoms with van der Waals surface area (Å²) in [5.41, 5.74) is 1.82. The molecule has 546 valence electrons. The SMILES string of the molecule is CC(C)C(C)C(C)C(C)C.CC(C)C1CC(C(C)C)C1.CC(C)CC(C)(C)C(C)C.CC(C)CC(C)C(C)C.CC(C)CC(C)C(C)C.CC(C)CC(O)CC(C)C.CC(C)CC1(C(C)C)CC1.CC(C)CC1(C(C)C)COC1.COC(CC(C)C)C(C)C. The minimum atomic E-state index is -0.0833. The molecule has 0 spiro atoms. The number of hydrogen-bond acceptors (Lipinski definition) is 3. The van der Waals surface area contributed by atoms with Crippen LogP contribution in [0.2, 0.25) is 0 Å². The van der Waals surface area contributed by atoms with Crippen molar-refractivity contribution in [1.29, 1.82) is 0 Å². The lowest BCUT2D eigenvalue weighted by atomic mass is 9.65. The molecule has 0 aromatic rings. The fourth-order valence-corrected chi connectivity index (χ4v) is 12.5. The van der Waals surface area contributed by atoms with E-state index in [-0.39, 0.29) is 6.10 Å². The van der Waals surface area contributed by atoms with Crippen LogP contribution >= 0.6 is 0 Å². The zero-order valence-corrected chi connectivity index (χ0v) is 70.7. The smallest absolute Gasteiger partial charge is 0.0596 e. The van der Waals surface area contributed by atoms with E-state index in [1.807, 2.05) is 0 Å². The first-order chi connectivity index (χ1) is 40.2. The number of rotatable bonds is 28. The zero-order valence-electron chi connectivity index (χ0n) is 70.7. The van der Waals surface area contributed by atoms with Crippen LogP contribution in [-0.4, -0.2) is 37.6 Å². The quantitative estimate of drug-likeness (QED) is 0.0849. The molecule has 0 bridgehead atoms. The fraction of sp³-hybridized carbons (Fsp3) is 1.00. The molecule has 2 saturated carbocycles. The van der Waals surface area contributed by atoms with Crippen LogP contribution in [-0.2, 0) is 9.47 Å². The maximum atomic E-state index is 9.39. The van der Waals surface area contributed by atoms with E-state index < -0.39 is 0 Å². The summed E-state index contributed by atoms with van der Waals surface area (Å²) in [5, 5.41) is 9.39. The first kappa shape index (κ1) is 99.9. The second-order valence-corrected chi connectivity index (χ2v) is 37.9. The monoisotopic (exact) mass is 1270 g/mol. The molecule has 3 aliphatic rings. The topological polar surface area (TPSA) is 38.7 Å². The van der Waals surface area contributed by atoms with E-state index in [4.69, 9.17) is 9.47 Å². The molecule has 0 aromatic carbocycles. The van der Waals surface area contributed by atoms with Gasteiger partial charge in [0, 0.05) is 12.5 Å². The third kappa shape index (κ3) is 55.7. The number of aliphatic hydroxyl groups excluding tert-OH is 1. The van der Waals surface area contributed by atoms with Crippen molar-refractivity contribution in [2.75, 3.05) is 20.3 Å². The molecule has 1 heterocycles. The highest BCUT2D eigenvalue weighted by atomic mass is 16.5. The van der Waals surface area contributed by atoms with Crippen LogP contribution in [0.15, 0.2) is 0 Å². The second kappa shape index (κ2) is 53.0. The van der Waals surface area contributed by atoms with E-state index in [0.29, 0.717) is 34.7 Å². The van der Waals surface area contributed by atoms with Gasteiger partial charge in [-0.15, -0.1) is 0 Å². The van der Waals surface area contributed by atoms with Crippen molar-refractivity contribution in [2.24, 2.45) is 158 Å². The standard InChI is InChI=1S/C10H20O.2C10H20.2C10H22.2C9H20O.2C9H20/c1-8(2)5-10(9(3)4)6-11-7-10;1-7(2)9-5-10(6-9)8(3)4;1-8(2)7-10(5-6-10)9(3)4;1-8(2)7-10(5,6)9(3)4;1-7(2)9(5)10(6)8(3)4;1-7(2)6-9(10-5)8(3)4;1-7(2)5-9(10)6-8(3)4;2*1-7(2)6-9(5)8(3)4/h8-9H,5-7H2,1-4H3;7-10H,5-6H2,1-4H3;8-9H,5-7H2,1-4H3;8-9H,7H2,1-6H3;7-10H,1-6H3;7-9H,6H2,1-5H3;7-10H,5-6H2,1-4H3;2*7-9H,6H2,1-5H3. The summed E-state index contributed by atoms with van der Waals surface area (Å²) in [5.74, 6) is 20.2.